The van der Waals surface area contributed by atoms with E-state index in [0.29, 0.717) is 11.4 Å². The number of fused-ring (bicyclic) bond motifs is 1. The first-order valence-corrected chi connectivity index (χ1v) is 6.62. The van der Waals surface area contributed by atoms with Gasteiger partial charge in [0.25, 0.3) is 5.91 Å². The van der Waals surface area contributed by atoms with Crippen molar-refractivity contribution in [1.82, 2.24) is 9.38 Å². The topological polar surface area (TPSA) is 66.6 Å². The van der Waals surface area contributed by atoms with E-state index in [-0.39, 0.29) is 12.5 Å². The summed E-state index contributed by atoms with van der Waals surface area (Å²) in [6, 6.07) is 10.9. The molecular formula is C16H15N3O2. The lowest BCUT2D eigenvalue weighted by Crippen LogP contribution is -2.14. The van der Waals surface area contributed by atoms with Crippen molar-refractivity contribution in [3.8, 4) is 0 Å². The molecule has 0 aliphatic carbocycles. The van der Waals surface area contributed by atoms with Crippen LogP contribution in [0.15, 0.2) is 48.8 Å². The number of benzene rings is 1. The molecule has 2 aromatic heterocycles. The minimum atomic E-state index is -0.233. The van der Waals surface area contributed by atoms with Crippen LogP contribution in [-0.4, -0.2) is 20.4 Å². The number of nitrogens with zero attached hydrogens (tertiary/aromatic N) is 2. The van der Waals surface area contributed by atoms with Gasteiger partial charge in [0, 0.05) is 11.9 Å². The second-order valence-electron chi connectivity index (χ2n) is 4.89. The van der Waals surface area contributed by atoms with Gasteiger partial charge in [-0.2, -0.15) is 0 Å². The summed E-state index contributed by atoms with van der Waals surface area (Å²) in [5, 5.41) is 11.9. The van der Waals surface area contributed by atoms with Crippen LogP contribution in [0, 0.1) is 6.92 Å². The Morgan fingerprint density at radius 3 is 3.00 bits per heavy atom. The molecule has 2 N–H and O–H groups in total. The third-order valence-electron chi connectivity index (χ3n) is 3.25. The number of aliphatic hydroxyl groups excluding tert-OH is 1. The lowest BCUT2D eigenvalue weighted by Gasteiger charge is -2.06. The molecule has 106 valence electrons. The predicted molar refractivity (Wildman–Crippen MR) is 80.2 cm³/mol. The molecule has 3 rings (SSSR count). The minimum absolute atomic E-state index is 0.0570. The van der Waals surface area contributed by atoms with Crippen LogP contribution >= 0.6 is 0 Å². The van der Waals surface area contributed by atoms with Gasteiger partial charge < -0.3 is 10.4 Å². The van der Waals surface area contributed by atoms with Gasteiger partial charge in [-0.3, -0.25) is 9.20 Å². The van der Waals surface area contributed by atoms with Gasteiger partial charge in [-0.15, -0.1) is 0 Å². The van der Waals surface area contributed by atoms with Crippen LogP contribution in [-0.2, 0) is 6.61 Å². The molecule has 0 fully saturated rings. The Hall–Kier alpha value is -2.66. The highest BCUT2D eigenvalue weighted by atomic mass is 16.3. The predicted octanol–water partition coefficient (Wildman–Crippen LogP) is 2.39. The third kappa shape index (κ3) is 2.64. The van der Waals surface area contributed by atoms with Crippen molar-refractivity contribution in [2.24, 2.45) is 0 Å². The zero-order chi connectivity index (χ0) is 14.8. The summed E-state index contributed by atoms with van der Waals surface area (Å²) in [5.74, 6) is -0.233. The van der Waals surface area contributed by atoms with Crippen LogP contribution in [0.5, 0.6) is 0 Å². The van der Waals surface area contributed by atoms with Crippen molar-refractivity contribution in [3.63, 3.8) is 0 Å². The van der Waals surface area contributed by atoms with Crippen molar-refractivity contribution >= 4 is 17.2 Å². The fraction of sp³-hybridized carbons (Fsp3) is 0.125. The van der Waals surface area contributed by atoms with E-state index in [0.717, 1.165) is 16.8 Å². The van der Waals surface area contributed by atoms with Gasteiger partial charge in [-0.1, -0.05) is 18.2 Å². The van der Waals surface area contributed by atoms with E-state index in [1.807, 2.05) is 25.3 Å². The zero-order valence-electron chi connectivity index (χ0n) is 11.6. The third-order valence-corrected chi connectivity index (χ3v) is 3.25. The summed E-state index contributed by atoms with van der Waals surface area (Å²) in [6.45, 7) is 1.91. The molecular weight excluding hydrogens is 266 g/mol. The monoisotopic (exact) mass is 281 g/mol. The molecule has 5 nitrogen and oxygen atoms in total. The van der Waals surface area contributed by atoms with Crippen LogP contribution in [0.4, 0.5) is 5.69 Å². The summed E-state index contributed by atoms with van der Waals surface area (Å²) in [7, 11) is 0. The van der Waals surface area contributed by atoms with E-state index in [9.17, 15) is 4.79 Å². The molecule has 0 aliphatic rings. The number of hydrogen-bond donors (Lipinski definition) is 2. The molecule has 1 aromatic carbocycles. The van der Waals surface area contributed by atoms with Crippen molar-refractivity contribution in [1.29, 1.82) is 0 Å². The molecule has 21 heavy (non-hydrogen) atoms. The molecule has 0 atom stereocenters. The second kappa shape index (κ2) is 5.38. The van der Waals surface area contributed by atoms with Gasteiger partial charge in [0.15, 0.2) is 0 Å². The lowest BCUT2D eigenvalue weighted by atomic mass is 10.2. The Kier molecular flexibility index (Phi) is 3.41. The maximum Gasteiger partial charge on any atom is 0.274 e. The van der Waals surface area contributed by atoms with Gasteiger partial charge in [0.1, 0.15) is 11.3 Å². The number of amides is 1. The SMILES string of the molecule is Cc1ccc2ncc(C(=O)Nc3cccc(CO)c3)n2c1. The number of imidazole rings is 1. The minimum Gasteiger partial charge on any atom is -0.392 e. The molecule has 5 heteroatoms. The van der Waals surface area contributed by atoms with Crippen molar-refractivity contribution < 1.29 is 9.90 Å². The summed E-state index contributed by atoms with van der Waals surface area (Å²) in [4.78, 5) is 16.6. The summed E-state index contributed by atoms with van der Waals surface area (Å²) in [5.41, 5.74) is 3.66. The maximum atomic E-state index is 12.4. The van der Waals surface area contributed by atoms with E-state index in [1.165, 1.54) is 0 Å². The standard InChI is InChI=1S/C16H15N3O2/c1-11-5-6-15-17-8-14(19(15)9-11)16(21)18-13-4-2-3-12(7-13)10-20/h2-9,20H,10H2,1H3,(H,18,21). The van der Waals surface area contributed by atoms with Gasteiger partial charge >= 0.3 is 0 Å². The molecule has 0 aliphatic heterocycles. The molecule has 3 aromatic rings. The van der Waals surface area contributed by atoms with E-state index >= 15 is 0 Å². The van der Waals surface area contributed by atoms with E-state index in [2.05, 4.69) is 10.3 Å². The first kappa shape index (κ1) is 13.3. The summed E-state index contributed by atoms with van der Waals surface area (Å²) in [6.07, 6.45) is 3.43. The molecule has 2 heterocycles. The number of aromatic nitrogens is 2. The summed E-state index contributed by atoms with van der Waals surface area (Å²) < 4.78 is 1.76. The van der Waals surface area contributed by atoms with E-state index < -0.39 is 0 Å². The van der Waals surface area contributed by atoms with Crippen LogP contribution in [0.3, 0.4) is 0 Å². The molecule has 0 bridgehead atoms. The fourth-order valence-electron chi connectivity index (χ4n) is 2.20. The number of carbonyl (C=O) groups excluding carboxylic acids is 1. The average molecular weight is 281 g/mol. The number of carbonyl (C=O) groups is 1. The Balaban J connectivity index is 1.91. The Morgan fingerprint density at radius 2 is 2.19 bits per heavy atom. The van der Waals surface area contributed by atoms with Crippen molar-refractivity contribution in [2.75, 3.05) is 5.32 Å². The Morgan fingerprint density at radius 1 is 1.33 bits per heavy atom. The fourth-order valence-corrected chi connectivity index (χ4v) is 2.20. The highest BCUT2D eigenvalue weighted by Gasteiger charge is 2.12. The smallest absolute Gasteiger partial charge is 0.274 e. The molecule has 1 amide bonds. The van der Waals surface area contributed by atoms with Crippen LogP contribution in [0.25, 0.3) is 5.65 Å². The Bertz CT molecular complexity index is 808. The first-order chi connectivity index (χ1) is 10.2. The molecule has 0 saturated carbocycles. The molecule has 0 unspecified atom stereocenters. The van der Waals surface area contributed by atoms with Gasteiger partial charge in [0.2, 0.25) is 0 Å². The number of nitrogens with one attached hydrogen (secondary N) is 1. The zero-order valence-corrected chi connectivity index (χ0v) is 11.6. The second-order valence-corrected chi connectivity index (χ2v) is 4.89. The quantitative estimate of drug-likeness (QED) is 0.774. The number of aryl methyl sites for hydroxylation is 1. The lowest BCUT2D eigenvalue weighted by molar-refractivity contribution is 0.102. The first-order valence-electron chi connectivity index (χ1n) is 6.62. The normalized spacial score (nSPS) is 10.8. The molecule has 0 spiro atoms. The van der Waals surface area contributed by atoms with Gasteiger partial charge in [-0.25, -0.2) is 4.98 Å². The number of rotatable bonds is 3. The molecule has 0 saturated heterocycles. The van der Waals surface area contributed by atoms with Gasteiger partial charge in [-0.05, 0) is 36.2 Å². The van der Waals surface area contributed by atoms with Crippen molar-refractivity contribution in [2.45, 2.75) is 13.5 Å². The van der Waals surface area contributed by atoms with E-state index in [4.69, 9.17) is 5.11 Å². The largest absolute Gasteiger partial charge is 0.392 e. The maximum absolute atomic E-state index is 12.4. The number of anilines is 1. The van der Waals surface area contributed by atoms with Crippen LogP contribution in [0.1, 0.15) is 21.6 Å². The number of pyridine rings is 1. The molecule has 0 radical (unpaired) electrons. The van der Waals surface area contributed by atoms with Crippen molar-refractivity contribution in [3.05, 3.63) is 65.6 Å². The van der Waals surface area contributed by atoms with E-state index in [1.54, 1.807) is 34.9 Å². The number of hydrogen-bond acceptors (Lipinski definition) is 3. The van der Waals surface area contributed by atoms with Crippen LogP contribution < -0.4 is 5.32 Å². The highest BCUT2D eigenvalue weighted by Crippen LogP contribution is 2.14. The highest BCUT2D eigenvalue weighted by molar-refractivity contribution is 6.03. The van der Waals surface area contributed by atoms with Crippen LogP contribution in [0.2, 0.25) is 0 Å². The van der Waals surface area contributed by atoms with Gasteiger partial charge in [0.05, 0.1) is 12.8 Å². The summed E-state index contributed by atoms with van der Waals surface area (Å²) >= 11 is 0. The Labute approximate surface area is 121 Å². The number of aliphatic hydroxyl groups is 1. The average Bonchev–Trinajstić information content (AvgIpc) is 2.90.